The van der Waals surface area contributed by atoms with Gasteiger partial charge in [-0.25, -0.2) is 4.79 Å². The van der Waals surface area contributed by atoms with E-state index < -0.39 is 5.41 Å². The minimum Gasteiger partial charge on any atom is -0.504 e. The number of carbonyl (C=O) groups excluding carboxylic acids is 2. The Morgan fingerprint density at radius 2 is 2.14 bits per heavy atom. The van der Waals surface area contributed by atoms with Gasteiger partial charge in [-0.1, -0.05) is 31.5 Å². The molecule has 1 aromatic carbocycles. The minimum atomic E-state index is -0.540. The number of piperidine rings is 1. The molecule has 2 saturated heterocycles. The van der Waals surface area contributed by atoms with Crippen LogP contribution in [-0.4, -0.2) is 50.1 Å². The molecule has 3 aliphatic heterocycles. The maximum atomic E-state index is 13.2. The highest BCUT2D eigenvalue weighted by atomic mass is 16.5. The molecule has 1 amide bonds. The van der Waals surface area contributed by atoms with Crippen molar-refractivity contribution in [3.05, 3.63) is 41.7 Å². The van der Waals surface area contributed by atoms with Crippen molar-refractivity contribution in [2.75, 3.05) is 32.6 Å². The maximum Gasteiger partial charge on any atom is 0.337 e. The van der Waals surface area contributed by atoms with Gasteiger partial charge in [-0.2, -0.15) is 0 Å². The van der Waals surface area contributed by atoms with Crippen LogP contribution < -0.4 is 5.32 Å². The average Bonchev–Trinajstić information content (AvgIpc) is 3.23. The summed E-state index contributed by atoms with van der Waals surface area (Å²) in [6.07, 6.45) is 4.04. The third-order valence-corrected chi connectivity index (χ3v) is 6.97. The molecule has 0 aromatic heterocycles. The van der Waals surface area contributed by atoms with Crippen LogP contribution in [0.3, 0.4) is 0 Å². The number of benzene rings is 1. The van der Waals surface area contributed by atoms with Crippen molar-refractivity contribution in [3.8, 4) is 0 Å². The summed E-state index contributed by atoms with van der Waals surface area (Å²) >= 11 is 0. The topological polar surface area (TPSA) is 67.9 Å². The van der Waals surface area contributed by atoms with Gasteiger partial charge in [0.1, 0.15) is 0 Å². The number of carbonyl (C=O) groups is 2. The predicted octanol–water partition coefficient (Wildman–Crippen LogP) is 2.70. The van der Waals surface area contributed by atoms with E-state index in [0.717, 1.165) is 43.6 Å². The van der Waals surface area contributed by atoms with E-state index in [-0.39, 0.29) is 23.8 Å². The molecule has 0 aliphatic carbocycles. The third kappa shape index (κ3) is 2.65. The van der Waals surface area contributed by atoms with Gasteiger partial charge in [-0.15, -0.1) is 0 Å². The predicted molar refractivity (Wildman–Crippen MR) is 106 cm³/mol. The molecule has 6 nitrogen and oxygen atoms in total. The second-order valence-electron chi connectivity index (χ2n) is 8.04. The van der Waals surface area contributed by atoms with Crippen molar-refractivity contribution in [1.82, 2.24) is 4.90 Å². The second-order valence-corrected chi connectivity index (χ2v) is 8.04. The number of esters is 1. The lowest BCUT2D eigenvalue weighted by atomic mass is 9.67. The van der Waals surface area contributed by atoms with Crippen LogP contribution in [0.1, 0.15) is 31.7 Å². The van der Waals surface area contributed by atoms with Crippen LogP contribution in [0, 0.1) is 11.8 Å². The molecule has 0 radical (unpaired) electrons. The Bertz CT molecular complexity index is 821. The Morgan fingerprint density at radius 1 is 1.36 bits per heavy atom. The van der Waals surface area contributed by atoms with Crippen molar-refractivity contribution >= 4 is 17.6 Å². The Balaban J connectivity index is 1.74. The molecule has 1 spiro atoms. The van der Waals surface area contributed by atoms with E-state index in [1.807, 2.05) is 18.2 Å². The molecule has 3 aliphatic rings. The zero-order valence-electron chi connectivity index (χ0n) is 16.7. The number of anilines is 1. The Morgan fingerprint density at radius 3 is 2.86 bits per heavy atom. The molecule has 0 saturated carbocycles. The fourth-order valence-corrected chi connectivity index (χ4v) is 5.63. The van der Waals surface area contributed by atoms with Gasteiger partial charge in [0.2, 0.25) is 5.91 Å². The Kier molecular flexibility index (Phi) is 4.91. The summed E-state index contributed by atoms with van der Waals surface area (Å²) in [6.45, 7) is 3.93. The molecule has 2 fully saturated rings. The monoisotopic (exact) mass is 384 g/mol. The number of fused-ring (bicyclic) bond motifs is 4. The number of ether oxygens (including phenoxy) is 2. The molecule has 1 aromatic rings. The van der Waals surface area contributed by atoms with E-state index in [0.29, 0.717) is 11.5 Å². The summed E-state index contributed by atoms with van der Waals surface area (Å²) in [5.41, 5.74) is 2.05. The summed E-state index contributed by atoms with van der Waals surface area (Å²) in [6, 6.07) is 8.07. The molecule has 6 heteroatoms. The molecule has 3 heterocycles. The van der Waals surface area contributed by atoms with Gasteiger partial charge < -0.3 is 14.8 Å². The summed E-state index contributed by atoms with van der Waals surface area (Å²) in [5.74, 6) is 0.0769. The van der Waals surface area contributed by atoms with Crippen molar-refractivity contribution in [3.63, 3.8) is 0 Å². The van der Waals surface area contributed by atoms with E-state index in [2.05, 4.69) is 23.2 Å². The largest absolute Gasteiger partial charge is 0.504 e. The van der Waals surface area contributed by atoms with Gasteiger partial charge in [0.05, 0.1) is 31.5 Å². The van der Waals surface area contributed by atoms with E-state index in [4.69, 9.17) is 9.47 Å². The summed E-state index contributed by atoms with van der Waals surface area (Å²) in [5, 5.41) is 3.10. The Labute approximate surface area is 165 Å². The van der Waals surface area contributed by atoms with E-state index in [9.17, 15) is 9.59 Å². The molecule has 4 atom stereocenters. The van der Waals surface area contributed by atoms with Gasteiger partial charge in [0, 0.05) is 18.3 Å². The highest BCUT2D eigenvalue weighted by molar-refractivity contribution is 6.07. The van der Waals surface area contributed by atoms with Crippen molar-refractivity contribution in [2.45, 2.75) is 37.6 Å². The lowest BCUT2D eigenvalue weighted by Crippen LogP contribution is -2.53. The zero-order valence-corrected chi connectivity index (χ0v) is 16.7. The zero-order chi connectivity index (χ0) is 19.9. The summed E-state index contributed by atoms with van der Waals surface area (Å²) in [4.78, 5) is 28.1. The molecule has 1 unspecified atom stereocenters. The molecule has 150 valence electrons. The third-order valence-electron chi connectivity index (χ3n) is 6.97. The summed E-state index contributed by atoms with van der Waals surface area (Å²) in [7, 11) is 2.95. The van der Waals surface area contributed by atoms with Gasteiger partial charge in [-0.3, -0.25) is 9.69 Å². The van der Waals surface area contributed by atoms with Gasteiger partial charge in [0.25, 0.3) is 0 Å². The molecular weight excluding hydrogens is 356 g/mol. The van der Waals surface area contributed by atoms with E-state index >= 15 is 0 Å². The number of hydrogen-bond donors (Lipinski definition) is 1. The standard InChI is InChI=1S/C22H28N2O4/c1-4-14-12-24-10-9-22(17-7-5-6-8-18(17)23-21(22)26)19(24)11-15(14)16(13-27-2)20(25)28-3/h5-8,13-15,19H,4,9-12H2,1-3H3,(H,23,26)/t14-,15+,19?,22-/m1/s1. The first-order chi connectivity index (χ1) is 13.6. The highest BCUT2D eigenvalue weighted by Crippen LogP contribution is 2.53. The Hall–Kier alpha value is -2.34. The number of methoxy groups -OCH3 is 2. The van der Waals surface area contributed by atoms with Crippen LogP contribution in [0.25, 0.3) is 0 Å². The van der Waals surface area contributed by atoms with Crippen molar-refractivity contribution in [2.24, 2.45) is 11.8 Å². The van der Waals surface area contributed by atoms with Crippen molar-refractivity contribution in [1.29, 1.82) is 0 Å². The van der Waals surface area contributed by atoms with Crippen LogP contribution in [0.15, 0.2) is 36.1 Å². The highest BCUT2D eigenvalue weighted by Gasteiger charge is 2.60. The SMILES string of the molecule is CC[C@@H]1CN2CC[C@]3(C(=O)Nc4ccccc43)C2C[C@@H]1C(=COC)C(=O)OC. The lowest BCUT2D eigenvalue weighted by Gasteiger charge is -2.45. The number of rotatable bonds is 4. The van der Waals surface area contributed by atoms with Crippen LogP contribution in [-0.2, 0) is 24.5 Å². The van der Waals surface area contributed by atoms with Gasteiger partial charge in [-0.05, 0) is 42.9 Å². The normalized spacial score (nSPS) is 32.0. The van der Waals surface area contributed by atoms with E-state index in [1.54, 1.807) is 7.11 Å². The van der Waals surface area contributed by atoms with Gasteiger partial charge in [0.15, 0.2) is 0 Å². The molecule has 28 heavy (non-hydrogen) atoms. The number of amides is 1. The van der Waals surface area contributed by atoms with Crippen molar-refractivity contribution < 1.29 is 19.1 Å². The number of nitrogens with one attached hydrogen (secondary N) is 1. The molecule has 0 bridgehead atoms. The van der Waals surface area contributed by atoms with Crippen LogP contribution >= 0.6 is 0 Å². The van der Waals surface area contributed by atoms with Gasteiger partial charge >= 0.3 is 5.97 Å². The van der Waals surface area contributed by atoms with E-state index in [1.165, 1.54) is 13.4 Å². The van der Waals surface area contributed by atoms with Crippen LogP contribution in [0.5, 0.6) is 0 Å². The first-order valence-corrected chi connectivity index (χ1v) is 10.0. The second kappa shape index (κ2) is 7.24. The van der Waals surface area contributed by atoms with Crippen LogP contribution in [0.2, 0.25) is 0 Å². The number of para-hydroxylation sites is 1. The first-order valence-electron chi connectivity index (χ1n) is 10.0. The molecule has 1 N–H and O–H groups in total. The smallest absolute Gasteiger partial charge is 0.337 e. The quantitative estimate of drug-likeness (QED) is 0.491. The van der Waals surface area contributed by atoms with Crippen LogP contribution in [0.4, 0.5) is 5.69 Å². The fraction of sp³-hybridized carbons (Fsp3) is 0.545. The molecule has 4 rings (SSSR count). The lowest BCUT2D eigenvalue weighted by molar-refractivity contribution is -0.137. The first kappa shape index (κ1) is 19.0. The maximum absolute atomic E-state index is 13.2. The molecular formula is C22H28N2O4. The summed E-state index contributed by atoms with van der Waals surface area (Å²) < 4.78 is 10.3. The number of hydrogen-bond acceptors (Lipinski definition) is 5. The average molecular weight is 384 g/mol. The minimum absolute atomic E-state index is 0.00851. The number of nitrogens with zero attached hydrogens (tertiary/aromatic N) is 1. The fourth-order valence-electron chi connectivity index (χ4n) is 5.63.